The van der Waals surface area contributed by atoms with E-state index in [1.807, 2.05) is 61.2 Å². The molecule has 1 spiro atoms. The molecule has 2 aromatic carbocycles. The van der Waals surface area contributed by atoms with Crippen LogP contribution in [0, 0.1) is 31.1 Å². The Bertz CT molecular complexity index is 1260. The highest BCUT2D eigenvalue weighted by Crippen LogP contribution is 2.48. The Morgan fingerprint density at radius 1 is 1.03 bits per heavy atom. The van der Waals surface area contributed by atoms with Crippen LogP contribution in [0.1, 0.15) is 67.3 Å². The molecule has 1 aliphatic heterocycles. The van der Waals surface area contributed by atoms with Crippen molar-refractivity contribution in [1.82, 2.24) is 4.90 Å². The molecule has 2 aromatic rings. The van der Waals surface area contributed by atoms with E-state index in [1.165, 1.54) is 0 Å². The molecule has 5 nitrogen and oxygen atoms in total. The molecule has 4 rings (SSSR count). The number of allylic oxidation sites excluding steroid dienone is 2. The van der Waals surface area contributed by atoms with Crippen molar-refractivity contribution in [1.29, 1.82) is 0 Å². The minimum Gasteiger partial charge on any atom is -0.430 e. The predicted molar refractivity (Wildman–Crippen MR) is 140 cm³/mol. The monoisotopic (exact) mass is 483 g/mol. The third-order valence-electron chi connectivity index (χ3n) is 7.38. The van der Waals surface area contributed by atoms with Gasteiger partial charge in [0.1, 0.15) is 5.76 Å². The maximum atomic E-state index is 13.8. The third-order valence-corrected chi connectivity index (χ3v) is 7.38. The highest BCUT2D eigenvalue weighted by Gasteiger charge is 2.44. The number of benzene rings is 2. The van der Waals surface area contributed by atoms with Gasteiger partial charge in [-0.2, -0.15) is 0 Å². The molecular formula is C31H33NO4. The number of Topliss-reactive ketones (excluding diaryl/α,β-unsaturated/α-hetero) is 1. The Balaban J connectivity index is 1.73. The van der Waals surface area contributed by atoms with Crippen molar-refractivity contribution in [2.75, 3.05) is 13.1 Å². The molecule has 0 atom stereocenters. The highest BCUT2D eigenvalue weighted by molar-refractivity contribution is 6.23. The van der Waals surface area contributed by atoms with Gasteiger partial charge in [0.25, 0.3) is 0 Å². The van der Waals surface area contributed by atoms with Gasteiger partial charge in [0, 0.05) is 38.4 Å². The van der Waals surface area contributed by atoms with Crippen molar-refractivity contribution in [3.63, 3.8) is 0 Å². The number of nitrogens with zero attached hydrogens (tertiary/aromatic N) is 1. The lowest BCUT2D eigenvalue weighted by molar-refractivity contribution is -0.139. The summed E-state index contributed by atoms with van der Waals surface area (Å²) < 4.78 is 6.03. The summed E-state index contributed by atoms with van der Waals surface area (Å²) in [5.74, 6) is 6.17. The molecule has 5 heteroatoms. The zero-order valence-corrected chi connectivity index (χ0v) is 21.6. The fourth-order valence-corrected chi connectivity index (χ4v) is 5.60. The second kappa shape index (κ2) is 10.5. The number of hydrogen-bond donors (Lipinski definition) is 0. The van der Waals surface area contributed by atoms with E-state index in [-0.39, 0.29) is 29.5 Å². The fraction of sp³-hybridized carbons (Fsp3) is 0.387. The van der Waals surface area contributed by atoms with Crippen LogP contribution in [0.2, 0.25) is 0 Å². The second-order valence-corrected chi connectivity index (χ2v) is 10.1. The van der Waals surface area contributed by atoms with E-state index in [2.05, 4.69) is 11.8 Å². The molecular weight excluding hydrogens is 450 g/mol. The van der Waals surface area contributed by atoms with Gasteiger partial charge in [0.05, 0.1) is 12.0 Å². The van der Waals surface area contributed by atoms with E-state index in [0.29, 0.717) is 50.1 Å². The Hall–Kier alpha value is -3.65. The van der Waals surface area contributed by atoms with Crippen LogP contribution < -0.4 is 0 Å². The lowest BCUT2D eigenvalue weighted by Gasteiger charge is -2.44. The first-order chi connectivity index (χ1) is 17.2. The third kappa shape index (κ3) is 5.44. The molecule has 0 saturated carbocycles. The number of carbonyl (C=O) groups is 3. The topological polar surface area (TPSA) is 63.7 Å². The van der Waals surface area contributed by atoms with Crippen LogP contribution in [0.15, 0.2) is 48.2 Å². The van der Waals surface area contributed by atoms with Gasteiger partial charge in [-0.15, -0.1) is 5.92 Å². The van der Waals surface area contributed by atoms with E-state index in [1.54, 1.807) is 13.8 Å². The Kier molecular flexibility index (Phi) is 7.45. The first-order valence-electron chi connectivity index (χ1n) is 12.5. The average molecular weight is 484 g/mol. The average Bonchev–Trinajstić information content (AvgIpc) is 2.81. The van der Waals surface area contributed by atoms with Crippen molar-refractivity contribution in [3.8, 4) is 11.8 Å². The van der Waals surface area contributed by atoms with Gasteiger partial charge >= 0.3 is 5.97 Å². The molecule has 0 unspecified atom stereocenters. The number of likely N-dealkylation sites (tertiary alicyclic amines) is 1. The zero-order valence-electron chi connectivity index (χ0n) is 21.6. The molecule has 1 heterocycles. The van der Waals surface area contributed by atoms with E-state index in [4.69, 9.17) is 4.74 Å². The lowest BCUT2D eigenvalue weighted by Crippen LogP contribution is -2.45. The van der Waals surface area contributed by atoms with Gasteiger partial charge in [0.15, 0.2) is 5.78 Å². The first kappa shape index (κ1) is 25.4. The maximum Gasteiger partial charge on any atom is 0.315 e. The van der Waals surface area contributed by atoms with Crippen LogP contribution >= 0.6 is 0 Å². The number of rotatable bonds is 4. The van der Waals surface area contributed by atoms with Crippen molar-refractivity contribution < 1.29 is 19.1 Å². The van der Waals surface area contributed by atoms with Crippen LogP contribution in [0.5, 0.6) is 0 Å². The van der Waals surface area contributed by atoms with E-state index in [0.717, 1.165) is 27.8 Å². The van der Waals surface area contributed by atoms with Crippen molar-refractivity contribution in [3.05, 3.63) is 76.0 Å². The number of ketones is 1. The number of esters is 1. The Labute approximate surface area is 213 Å². The molecule has 186 valence electrons. The van der Waals surface area contributed by atoms with Crippen LogP contribution in [-0.2, 0) is 25.5 Å². The maximum absolute atomic E-state index is 13.8. The second-order valence-electron chi connectivity index (χ2n) is 10.1. The summed E-state index contributed by atoms with van der Waals surface area (Å²) in [7, 11) is 0. The number of hydrogen-bond acceptors (Lipinski definition) is 4. The molecule has 1 fully saturated rings. The number of ether oxygens (including phenoxy) is 1. The van der Waals surface area contributed by atoms with Crippen LogP contribution in [0.25, 0.3) is 5.57 Å². The molecule has 2 aliphatic rings. The van der Waals surface area contributed by atoms with Crippen molar-refractivity contribution >= 4 is 23.2 Å². The summed E-state index contributed by atoms with van der Waals surface area (Å²) in [6.45, 7) is 8.56. The highest BCUT2D eigenvalue weighted by atomic mass is 16.5. The summed E-state index contributed by atoms with van der Waals surface area (Å²) >= 11 is 0. The van der Waals surface area contributed by atoms with Gasteiger partial charge in [-0.1, -0.05) is 36.3 Å². The Morgan fingerprint density at radius 2 is 1.67 bits per heavy atom. The standard InChI is InChI=1S/C31H33NO4/c1-5-9-25-16-21(2)29(22(3)17-25)30-26(34)19-31(12-14-32(15-13-31)23(4)33)20-27(30)36-28(35)18-24-10-7-6-8-11-24/h6-8,10-11,16-17H,12-15,18-20H2,1-4H3. The normalized spacial score (nSPS) is 17.0. The lowest BCUT2D eigenvalue weighted by atomic mass is 9.66. The van der Waals surface area contributed by atoms with E-state index >= 15 is 0 Å². The van der Waals surface area contributed by atoms with E-state index < -0.39 is 0 Å². The SMILES string of the molecule is CC#Cc1cc(C)c(C2=C(OC(=O)Cc3ccccc3)CC3(CCN(C(C)=O)CC3)CC2=O)c(C)c1. The van der Waals surface area contributed by atoms with Gasteiger partial charge in [-0.3, -0.25) is 14.4 Å². The van der Waals surface area contributed by atoms with Crippen LogP contribution in [0.3, 0.4) is 0 Å². The zero-order chi connectivity index (χ0) is 25.9. The fourth-order valence-electron chi connectivity index (χ4n) is 5.60. The summed E-state index contributed by atoms with van der Waals surface area (Å²) in [5, 5.41) is 0. The molecule has 1 amide bonds. The molecule has 0 N–H and O–H groups in total. The van der Waals surface area contributed by atoms with Crippen LogP contribution in [0.4, 0.5) is 0 Å². The first-order valence-corrected chi connectivity index (χ1v) is 12.5. The van der Waals surface area contributed by atoms with E-state index in [9.17, 15) is 14.4 Å². The molecule has 36 heavy (non-hydrogen) atoms. The van der Waals surface area contributed by atoms with Gasteiger partial charge in [-0.05, 0) is 73.4 Å². The van der Waals surface area contributed by atoms with Crippen molar-refractivity contribution in [2.45, 2.75) is 59.8 Å². The molecule has 1 aliphatic carbocycles. The van der Waals surface area contributed by atoms with Crippen molar-refractivity contribution in [2.24, 2.45) is 5.41 Å². The summed E-state index contributed by atoms with van der Waals surface area (Å²) in [6, 6.07) is 13.4. The number of amides is 1. The number of piperidine rings is 1. The van der Waals surface area contributed by atoms with Crippen LogP contribution in [-0.4, -0.2) is 35.6 Å². The van der Waals surface area contributed by atoms with Gasteiger partial charge < -0.3 is 9.64 Å². The number of aryl methyl sites for hydroxylation is 2. The predicted octanol–water partition coefficient (Wildman–Crippen LogP) is 5.16. The molecule has 0 aromatic heterocycles. The Morgan fingerprint density at radius 3 is 2.25 bits per heavy atom. The summed E-state index contributed by atoms with van der Waals surface area (Å²) in [5.41, 5.74) is 4.69. The molecule has 0 bridgehead atoms. The molecule has 1 saturated heterocycles. The molecule has 0 radical (unpaired) electrons. The quantitative estimate of drug-likeness (QED) is 0.445. The minimum absolute atomic E-state index is 0.000520. The summed E-state index contributed by atoms with van der Waals surface area (Å²) in [4.78, 5) is 40.5. The number of carbonyl (C=O) groups excluding carboxylic acids is 3. The van der Waals surface area contributed by atoms with Gasteiger partial charge in [-0.25, -0.2) is 0 Å². The largest absolute Gasteiger partial charge is 0.430 e. The summed E-state index contributed by atoms with van der Waals surface area (Å²) in [6.07, 6.45) is 2.47. The smallest absolute Gasteiger partial charge is 0.315 e. The minimum atomic E-state index is -0.372. The van der Waals surface area contributed by atoms with Gasteiger partial charge in [0.2, 0.25) is 5.91 Å².